The Kier molecular flexibility index (Phi) is 6.47. The summed E-state index contributed by atoms with van der Waals surface area (Å²) < 4.78 is 11.0. The monoisotopic (exact) mass is 271 g/mol. The number of nitrogens with one attached hydrogen (secondary N) is 1. The van der Waals surface area contributed by atoms with Crippen LogP contribution in [0.3, 0.4) is 0 Å². The molecule has 0 amide bonds. The minimum atomic E-state index is -0.0980. The molecule has 1 aromatic rings. The fraction of sp³-hybridized carbons (Fsp3) is 0.571. The molecule has 0 aromatic heterocycles. The van der Waals surface area contributed by atoms with Crippen molar-refractivity contribution in [1.29, 1.82) is 0 Å². The highest BCUT2D eigenvalue weighted by atomic mass is 35.5. The van der Waals surface area contributed by atoms with Crippen LogP contribution in [0.4, 0.5) is 5.69 Å². The smallest absolute Gasteiger partial charge is 0.0707 e. The molecular weight excluding hydrogens is 250 g/mol. The van der Waals surface area contributed by atoms with Gasteiger partial charge >= 0.3 is 0 Å². The fourth-order valence-corrected chi connectivity index (χ4v) is 1.57. The Morgan fingerprint density at radius 3 is 2.50 bits per heavy atom. The summed E-state index contributed by atoms with van der Waals surface area (Å²) in [7, 11) is 0. The molecule has 0 heterocycles. The number of ether oxygens (including phenoxy) is 2. The number of benzene rings is 1. The zero-order chi connectivity index (χ0) is 13.4. The Bertz CT molecular complexity index is 350. The van der Waals surface area contributed by atoms with Gasteiger partial charge in [0.05, 0.1) is 36.1 Å². The maximum absolute atomic E-state index is 6.01. The largest absolute Gasteiger partial charge is 0.382 e. The van der Waals surface area contributed by atoms with Crippen LogP contribution in [0.5, 0.6) is 0 Å². The summed E-state index contributed by atoms with van der Waals surface area (Å²) in [6, 6.07) is 7.67. The molecule has 1 rings (SSSR count). The minimum Gasteiger partial charge on any atom is -0.382 e. The lowest BCUT2D eigenvalue weighted by atomic mass is 10.2. The van der Waals surface area contributed by atoms with Gasteiger partial charge in [-0.2, -0.15) is 0 Å². The first-order valence-electron chi connectivity index (χ1n) is 6.19. The Morgan fingerprint density at radius 1 is 1.11 bits per heavy atom. The van der Waals surface area contributed by atoms with E-state index in [-0.39, 0.29) is 5.60 Å². The van der Waals surface area contributed by atoms with Crippen LogP contribution in [0.1, 0.15) is 20.8 Å². The van der Waals surface area contributed by atoms with Gasteiger partial charge in [0.1, 0.15) is 0 Å². The third-order valence-corrected chi connectivity index (χ3v) is 2.53. The van der Waals surface area contributed by atoms with Gasteiger partial charge in [-0.05, 0) is 32.9 Å². The second-order valence-corrected chi connectivity index (χ2v) is 5.39. The second-order valence-electron chi connectivity index (χ2n) is 4.98. The Labute approximate surface area is 114 Å². The van der Waals surface area contributed by atoms with Crippen molar-refractivity contribution in [1.82, 2.24) is 0 Å². The Morgan fingerprint density at radius 2 is 1.83 bits per heavy atom. The molecule has 0 atom stereocenters. The summed E-state index contributed by atoms with van der Waals surface area (Å²) in [5.74, 6) is 0. The van der Waals surface area contributed by atoms with Gasteiger partial charge in [0.15, 0.2) is 0 Å². The molecule has 18 heavy (non-hydrogen) atoms. The normalized spacial score (nSPS) is 11.6. The maximum Gasteiger partial charge on any atom is 0.0707 e. The molecule has 1 aromatic carbocycles. The van der Waals surface area contributed by atoms with Gasteiger partial charge < -0.3 is 14.8 Å². The SMILES string of the molecule is CC(C)(C)OCCOCCNc1ccccc1Cl. The lowest BCUT2D eigenvalue weighted by Crippen LogP contribution is -2.22. The van der Waals surface area contributed by atoms with E-state index in [4.69, 9.17) is 21.1 Å². The van der Waals surface area contributed by atoms with Crippen LogP contribution in [0, 0.1) is 0 Å². The highest BCUT2D eigenvalue weighted by molar-refractivity contribution is 6.33. The van der Waals surface area contributed by atoms with E-state index in [0.717, 1.165) is 17.3 Å². The van der Waals surface area contributed by atoms with E-state index in [1.165, 1.54) is 0 Å². The number of hydrogen-bond donors (Lipinski definition) is 1. The van der Waals surface area contributed by atoms with E-state index in [9.17, 15) is 0 Å². The average Bonchev–Trinajstić information content (AvgIpc) is 2.28. The average molecular weight is 272 g/mol. The third kappa shape index (κ3) is 6.84. The van der Waals surface area contributed by atoms with Crippen molar-refractivity contribution in [2.75, 3.05) is 31.7 Å². The van der Waals surface area contributed by atoms with Gasteiger partial charge in [-0.25, -0.2) is 0 Å². The number of rotatable bonds is 7. The molecule has 0 fully saturated rings. The molecule has 0 saturated heterocycles. The molecule has 102 valence electrons. The number of halogens is 1. The molecule has 0 radical (unpaired) electrons. The summed E-state index contributed by atoms with van der Waals surface area (Å²) in [5.41, 5.74) is 0.841. The molecular formula is C14H22ClNO2. The van der Waals surface area contributed by atoms with Crippen LogP contribution < -0.4 is 5.32 Å². The lowest BCUT2D eigenvalue weighted by Gasteiger charge is -2.19. The quantitative estimate of drug-likeness (QED) is 0.769. The molecule has 0 unspecified atom stereocenters. The van der Waals surface area contributed by atoms with E-state index in [1.54, 1.807) is 0 Å². The van der Waals surface area contributed by atoms with E-state index < -0.39 is 0 Å². The summed E-state index contributed by atoms with van der Waals surface area (Å²) in [6.45, 7) is 8.71. The standard InChI is InChI=1S/C14H22ClNO2/c1-14(2,3)18-11-10-17-9-8-16-13-7-5-4-6-12(13)15/h4-7,16H,8-11H2,1-3H3. The lowest BCUT2D eigenvalue weighted by molar-refractivity contribution is -0.0335. The highest BCUT2D eigenvalue weighted by Gasteiger charge is 2.08. The van der Waals surface area contributed by atoms with Crippen molar-refractivity contribution in [2.24, 2.45) is 0 Å². The maximum atomic E-state index is 6.01. The molecule has 0 spiro atoms. The first-order valence-corrected chi connectivity index (χ1v) is 6.57. The summed E-state index contributed by atoms with van der Waals surface area (Å²) >= 11 is 6.01. The first kappa shape index (κ1) is 15.3. The van der Waals surface area contributed by atoms with Crippen LogP contribution >= 0.6 is 11.6 Å². The van der Waals surface area contributed by atoms with Gasteiger partial charge in [0, 0.05) is 6.54 Å². The highest BCUT2D eigenvalue weighted by Crippen LogP contribution is 2.19. The molecule has 4 heteroatoms. The fourth-order valence-electron chi connectivity index (χ4n) is 1.37. The predicted octanol–water partition coefficient (Wildman–Crippen LogP) is 3.58. The van der Waals surface area contributed by atoms with E-state index in [0.29, 0.717) is 19.8 Å². The molecule has 1 N–H and O–H groups in total. The molecule has 0 aliphatic rings. The molecule has 0 aliphatic heterocycles. The van der Waals surface area contributed by atoms with Crippen LogP contribution in [-0.2, 0) is 9.47 Å². The van der Waals surface area contributed by atoms with Crippen molar-refractivity contribution in [3.8, 4) is 0 Å². The van der Waals surface area contributed by atoms with Gasteiger partial charge in [0.25, 0.3) is 0 Å². The zero-order valence-electron chi connectivity index (χ0n) is 11.3. The van der Waals surface area contributed by atoms with Crippen LogP contribution in [0.15, 0.2) is 24.3 Å². The zero-order valence-corrected chi connectivity index (χ0v) is 12.1. The van der Waals surface area contributed by atoms with Gasteiger partial charge in [-0.1, -0.05) is 23.7 Å². The second kappa shape index (κ2) is 7.62. The minimum absolute atomic E-state index is 0.0980. The van der Waals surface area contributed by atoms with Crippen LogP contribution in [-0.4, -0.2) is 32.0 Å². The number of hydrogen-bond acceptors (Lipinski definition) is 3. The summed E-state index contributed by atoms with van der Waals surface area (Å²) in [5, 5.41) is 3.95. The summed E-state index contributed by atoms with van der Waals surface area (Å²) in [6.07, 6.45) is 0. The Balaban J connectivity index is 2.04. The van der Waals surface area contributed by atoms with Crippen molar-refractivity contribution < 1.29 is 9.47 Å². The third-order valence-electron chi connectivity index (χ3n) is 2.20. The van der Waals surface area contributed by atoms with Crippen LogP contribution in [0.2, 0.25) is 5.02 Å². The van der Waals surface area contributed by atoms with Crippen molar-refractivity contribution in [3.63, 3.8) is 0 Å². The van der Waals surface area contributed by atoms with Crippen molar-refractivity contribution >= 4 is 17.3 Å². The first-order chi connectivity index (χ1) is 8.49. The molecule has 0 saturated carbocycles. The van der Waals surface area contributed by atoms with Gasteiger partial charge in [0.2, 0.25) is 0 Å². The topological polar surface area (TPSA) is 30.5 Å². The van der Waals surface area contributed by atoms with Gasteiger partial charge in [-0.3, -0.25) is 0 Å². The molecule has 0 aliphatic carbocycles. The predicted molar refractivity (Wildman–Crippen MR) is 76.5 cm³/mol. The number of anilines is 1. The van der Waals surface area contributed by atoms with Crippen molar-refractivity contribution in [3.05, 3.63) is 29.3 Å². The molecule has 0 bridgehead atoms. The van der Waals surface area contributed by atoms with E-state index in [1.807, 2.05) is 45.0 Å². The van der Waals surface area contributed by atoms with Crippen molar-refractivity contribution in [2.45, 2.75) is 26.4 Å². The van der Waals surface area contributed by atoms with E-state index >= 15 is 0 Å². The molecule has 3 nitrogen and oxygen atoms in total. The number of para-hydroxylation sites is 1. The van der Waals surface area contributed by atoms with Gasteiger partial charge in [-0.15, -0.1) is 0 Å². The van der Waals surface area contributed by atoms with Crippen LogP contribution in [0.25, 0.3) is 0 Å². The Hall–Kier alpha value is -0.770. The summed E-state index contributed by atoms with van der Waals surface area (Å²) in [4.78, 5) is 0. The van der Waals surface area contributed by atoms with E-state index in [2.05, 4.69) is 5.32 Å².